The van der Waals surface area contributed by atoms with Gasteiger partial charge >= 0.3 is 0 Å². The van der Waals surface area contributed by atoms with E-state index in [1.54, 1.807) is 6.07 Å². The molecule has 1 saturated heterocycles. The third-order valence-corrected chi connectivity index (χ3v) is 5.77. The number of hydrogen-bond acceptors (Lipinski definition) is 7. The number of hydrogen-bond donors (Lipinski definition) is 1. The van der Waals surface area contributed by atoms with E-state index in [0.29, 0.717) is 42.6 Å². The normalized spacial score (nSPS) is 14.1. The summed E-state index contributed by atoms with van der Waals surface area (Å²) in [4.78, 5) is 24.8. The van der Waals surface area contributed by atoms with Gasteiger partial charge in [-0.05, 0) is 17.7 Å². The Bertz CT molecular complexity index is 935. The van der Waals surface area contributed by atoms with Crippen molar-refractivity contribution in [1.29, 1.82) is 0 Å². The van der Waals surface area contributed by atoms with Crippen LogP contribution >= 0.6 is 23.4 Å². The summed E-state index contributed by atoms with van der Waals surface area (Å²) in [6, 6.07) is 12.1. The molecule has 30 heavy (non-hydrogen) atoms. The minimum atomic E-state index is -0.454. The Balaban J connectivity index is 1.59. The van der Waals surface area contributed by atoms with Gasteiger partial charge in [0.2, 0.25) is 5.91 Å². The van der Waals surface area contributed by atoms with Crippen LogP contribution in [0.15, 0.2) is 47.6 Å². The van der Waals surface area contributed by atoms with E-state index in [0.717, 1.165) is 11.3 Å². The highest BCUT2D eigenvalue weighted by Gasteiger charge is 2.17. The molecule has 1 fully saturated rings. The van der Waals surface area contributed by atoms with Crippen molar-refractivity contribution in [2.75, 3.05) is 37.0 Å². The van der Waals surface area contributed by atoms with Gasteiger partial charge in [-0.1, -0.05) is 29.8 Å². The van der Waals surface area contributed by atoms with Crippen LogP contribution in [0.3, 0.4) is 0 Å². The summed E-state index contributed by atoms with van der Waals surface area (Å²) in [6.45, 7) is 2.55. The highest BCUT2D eigenvalue weighted by molar-refractivity contribution is 7.99. The van der Waals surface area contributed by atoms with Gasteiger partial charge in [0.05, 0.1) is 30.1 Å². The van der Waals surface area contributed by atoms with Crippen molar-refractivity contribution in [2.24, 2.45) is 5.10 Å². The molecule has 1 N–H and O–H groups in total. The van der Waals surface area contributed by atoms with Gasteiger partial charge in [-0.15, -0.1) is 11.8 Å². The molecule has 0 unspecified atom stereocenters. The van der Waals surface area contributed by atoms with E-state index >= 15 is 0 Å². The number of thioether (sulfide) groups is 1. The first-order chi connectivity index (χ1) is 14.5. The summed E-state index contributed by atoms with van der Waals surface area (Å²) in [6.07, 6.45) is 1.44. The first-order valence-corrected chi connectivity index (χ1v) is 10.8. The fourth-order valence-corrected chi connectivity index (χ4v) is 4.03. The monoisotopic (exact) mass is 448 g/mol. The van der Waals surface area contributed by atoms with Gasteiger partial charge in [0.15, 0.2) is 0 Å². The Morgan fingerprint density at radius 2 is 2.07 bits per heavy atom. The van der Waals surface area contributed by atoms with Crippen LogP contribution in [0.5, 0.6) is 0 Å². The predicted octanol–water partition coefficient (Wildman–Crippen LogP) is 3.47. The zero-order valence-electron chi connectivity index (χ0n) is 16.1. The smallest absolute Gasteiger partial charge is 0.270 e. The molecule has 1 aliphatic rings. The molecule has 0 radical (unpaired) electrons. The number of nitro groups is 1. The second-order valence-corrected chi connectivity index (χ2v) is 7.87. The Morgan fingerprint density at radius 3 is 2.80 bits per heavy atom. The summed E-state index contributed by atoms with van der Waals surface area (Å²) < 4.78 is 5.36. The van der Waals surface area contributed by atoms with E-state index in [4.69, 9.17) is 16.3 Å². The average Bonchev–Trinajstić information content (AvgIpc) is 2.75. The highest BCUT2D eigenvalue weighted by Crippen LogP contribution is 2.25. The fourth-order valence-electron chi connectivity index (χ4n) is 2.93. The summed E-state index contributed by atoms with van der Waals surface area (Å²) in [5.74, 6) is 0.568. The number of benzene rings is 2. The first-order valence-electron chi connectivity index (χ1n) is 9.29. The lowest BCUT2D eigenvalue weighted by Gasteiger charge is -2.29. The topological polar surface area (TPSA) is 97.1 Å². The molecule has 1 amide bonds. The van der Waals surface area contributed by atoms with Gasteiger partial charge in [0.1, 0.15) is 0 Å². The Hall–Kier alpha value is -2.62. The third kappa shape index (κ3) is 6.19. The first kappa shape index (κ1) is 22.1. The maximum absolute atomic E-state index is 12.1. The Morgan fingerprint density at radius 1 is 1.30 bits per heavy atom. The van der Waals surface area contributed by atoms with Crippen LogP contribution in [-0.2, 0) is 15.3 Å². The van der Waals surface area contributed by atoms with Gasteiger partial charge in [-0.3, -0.25) is 14.9 Å². The summed E-state index contributed by atoms with van der Waals surface area (Å²) in [5, 5.41) is 15.8. The molecule has 0 saturated carbocycles. The van der Waals surface area contributed by atoms with Gasteiger partial charge in [-0.2, -0.15) is 5.10 Å². The van der Waals surface area contributed by atoms with Crippen molar-refractivity contribution < 1.29 is 14.5 Å². The number of nitrogens with zero attached hydrogens (tertiary/aromatic N) is 3. The number of anilines is 1. The van der Waals surface area contributed by atoms with Crippen LogP contribution in [0, 0.1) is 10.1 Å². The second-order valence-electron chi connectivity index (χ2n) is 6.48. The lowest BCUT2D eigenvalue weighted by atomic mass is 10.1. The quantitative estimate of drug-likeness (QED) is 0.377. The van der Waals surface area contributed by atoms with Crippen LogP contribution in [0.4, 0.5) is 11.4 Å². The zero-order chi connectivity index (χ0) is 21.3. The molecule has 0 atom stereocenters. The van der Waals surface area contributed by atoms with Gasteiger partial charge in [0.25, 0.3) is 5.69 Å². The Kier molecular flexibility index (Phi) is 8.06. The maximum Gasteiger partial charge on any atom is 0.270 e. The number of carbonyl (C=O) groups excluding carboxylic acids is 1. The van der Waals surface area contributed by atoms with Crippen LogP contribution < -0.4 is 10.3 Å². The summed E-state index contributed by atoms with van der Waals surface area (Å²) >= 11 is 7.53. The van der Waals surface area contributed by atoms with Crippen molar-refractivity contribution in [2.45, 2.75) is 5.75 Å². The van der Waals surface area contributed by atoms with Crippen molar-refractivity contribution in [3.8, 4) is 0 Å². The van der Waals surface area contributed by atoms with Gasteiger partial charge in [-0.25, -0.2) is 5.43 Å². The van der Waals surface area contributed by atoms with E-state index in [1.165, 1.54) is 30.1 Å². The van der Waals surface area contributed by atoms with E-state index in [2.05, 4.69) is 15.4 Å². The van der Waals surface area contributed by atoms with Crippen molar-refractivity contribution in [3.63, 3.8) is 0 Å². The number of rotatable bonds is 8. The molecule has 158 valence electrons. The van der Waals surface area contributed by atoms with Crippen LogP contribution in [0.2, 0.25) is 5.02 Å². The highest BCUT2D eigenvalue weighted by atomic mass is 35.5. The predicted molar refractivity (Wildman–Crippen MR) is 119 cm³/mol. The largest absolute Gasteiger partial charge is 0.378 e. The molecule has 0 bridgehead atoms. The molecule has 2 aromatic carbocycles. The average molecular weight is 449 g/mol. The zero-order valence-corrected chi connectivity index (χ0v) is 17.7. The molecule has 0 aliphatic carbocycles. The number of halogens is 1. The summed E-state index contributed by atoms with van der Waals surface area (Å²) in [7, 11) is 0. The van der Waals surface area contributed by atoms with Crippen molar-refractivity contribution in [3.05, 3.63) is 68.7 Å². The number of nitrogens with one attached hydrogen (secondary N) is 1. The fraction of sp³-hybridized carbons (Fsp3) is 0.300. The number of non-ortho nitro benzene ring substituents is 1. The lowest BCUT2D eigenvalue weighted by molar-refractivity contribution is -0.384. The molecule has 2 aromatic rings. The second kappa shape index (κ2) is 11.0. The van der Waals surface area contributed by atoms with Crippen molar-refractivity contribution >= 4 is 46.9 Å². The minimum absolute atomic E-state index is 0.0323. The molecule has 1 aliphatic heterocycles. The SMILES string of the molecule is O=C(CSCc1ccccc1Cl)N/N=C\c1cc([N+](=O)[O-])ccc1N1CCOCC1. The standard InChI is InChI=1S/C20H21ClN4O4S/c21-18-4-2-1-3-15(18)13-30-14-20(26)23-22-12-16-11-17(25(27)28)5-6-19(16)24-7-9-29-10-8-24/h1-6,11-12H,7-10,13-14H2,(H,23,26)/b22-12-. The molecule has 8 nitrogen and oxygen atoms in total. The molecule has 0 spiro atoms. The van der Waals surface area contributed by atoms with Crippen LogP contribution in [0.25, 0.3) is 0 Å². The number of ether oxygens (including phenoxy) is 1. The number of morpholine rings is 1. The van der Waals surface area contributed by atoms with E-state index < -0.39 is 4.92 Å². The van der Waals surface area contributed by atoms with E-state index in [1.807, 2.05) is 24.3 Å². The maximum atomic E-state index is 12.1. The minimum Gasteiger partial charge on any atom is -0.378 e. The molecule has 3 rings (SSSR count). The number of nitro benzene ring substituents is 1. The number of carbonyl (C=O) groups is 1. The molecular formula is C20H21ClN4O4S. The van der Waals surface area contributed by atoms with Gasteiger partial charge in [0, 0.05) is 47.2 Å². The molecule has 10 heteroatoms. The van der Waals surface area contributed by atoms with Crippen LogP contribution in [0.1, 0.15) is 11.1 Å². The van der Waals surface area contributed by atoms with E-state index in [9.17, 15) is 14.9 Å². The number of amides is 1. The number of hydrazone groups is 1. The van der Waals surface area contributed by atoms with E-state index in [-0.39, 0.29) is 17.3 Å². The third-order valence-electron chi connectivity index (χ3n) is 4.42. The Labute approximate surface area is 183 Å². The van der Waals surface area contributed by atoms with Gasteiger partial charge < -0.3 is 9.64 Å². The molecular weight excluding hydrogens is 428 g/mol. The summed E-state index contributed by atoms with van der Waals surface area (Å²) in [5.41, 5.74) is 4.79. The molecule has 1 heterocycles. The lowest BCUT2D eigenvalue weighted by Crippen LogP contribution is -2.36. The van der Waals surface area contributed by atoms with Crippen LogP contribution in [-0.4, -0.2) is 49.1 Å². The van der Waals surface area contributed by atoms with Crippen molar-refractivity contribution in [1.82, 2.24) is 5.43 Å². The molecule has 0 aromatic heterocycles.